The van der Waals surface area contributed by atoms with Crippen molar-refractivity contribution in [3.05, 3.63) is 23.4 Å². The molecule has 1 unspecified atom stereocenters. The quantitative estimate of drug-likeness (QED) is 0.740. The van der Waals surface area contributed by atoms with E-state index >= 15 is 0 Å². The Labute approximate surface area is 94.7 Å². The number of aliphatic hydroxyl groups excluding tert-OH is 1. The summed E-state index contributed by atoms with van der Waals surface area (Å²) in [5, 5.41) is 23.8. The standard InChI is InChI=1S/C10H17N5O/c1-6(7(2)9(4)16)8(3)11-10-12-14-15(5)13-10/h9,16H,3H2,1-2,4-5H3,(H,11,13)/b7-6-. The minimum absolute atomic E-state index is 0.394. The largest absolute Gasteiger partial charge is 0.389 e. The summed E-state index contributed by atoms with van der Waals surface area (Å²) in [4.78, 5) is 1.36. The molecule has 2 N–H and O–H groups in total. The number of allylic oxidation sites excluding steroid dienone is 1. The second kappa shape index (κ2) is 4.89. The number of tetrazole rings is 1. The smallest absolute Gasteiger partial charge is 0.267 e. The van der Waals surface area contributed by atoms with Gasteiger partial charge in [0.15, 0.2) is 0 Å². The van der Waals surface area contributed by atoms with Gasteiger partial charge in [0.25, 0.3) is 5.95 Å². The summed E-state index contributed by atoms with van der Waals surface area (Å²) in [5.41, 5.74) is 2.41. The van der Waals surface area contributed by atoms with Gasteiger partial charge in [0.1, 0.15) is 0 Å². The van der Waals surface area contributed by atoms with Gasteiger partial charge >= 0.3 is 0 Å². The lowest BCUT2D eigenvalue weighted by Gasteiger charge is -2.12. The van der Waals surface area contributed by atoms with Gasteiger partial charge in [-0.15, -0.1) is 5.10 Å². The third-order valence-corrected chi connectivity index (χ3v) is 2.44. The maximum atomic E-state index is 9.44. The van der Waals surface area contributed by atoms with Crippen molar-refractivity contribution in [1.29, 1.82) is 0 Å². The lowest BCUT2D eigenvalue weighted by Crippen LogP contribution is -2.09. The van der Waals surface area contributed by atoms with Gasteiger partial charge in [0.2, 0.25) is 0 Å². The van der Waals surface area contributed by atoms with E-state index in [0.717, 1.165) is 11.1 Å². The van der Waals surface area contributed by atoms with Gasteiger partial charge in [-0.3, -0.25) is 0 Å². The van der Waals surface area contributed by atoms with Gasteiger partial charge in [0.05, 0.1) is 13.2 Å². The molecule has 1 aromatic heterocycles. The molecular formula is C10H17N5O. The number of aryl methyl sites for hydroxylation is 1. The van der Waals surface area contributed by atoms with Gasteiger partial charge in [-0.25, -0.2) is 0 Å². The summed E-state index contributed by atoms with van der Waals surface area (Å²) in [6.45, 7) is 9.32. The fourth-order valence-electron chi connectivity index (χ4n) is 1.11. The van der Waals surface area contributed by atoms with Crippen LogP contribution in [0, 0.1) is 0 Å². The van der Waals surface area contributed by atoms with Gasteiger partial charge in [-0.2, -0.15) is 4.80 Å². The first-order chi connectivity index (χ1) is 7.41. The molecule has 0 aliphatic heterocycles. The zero-order valence-electron chi connectivity index (χ0n) is 10.0. The molecule has 6 nitrogen and oxygen atoms in total. The minimum atomic E-state index is -0.492. The number of hydrogen-bond acceptors (Lipinski definition) is 5. The van der Waals surface area contributed by atoms with Crippen LogP contribution < -0.4 is 5.32 Å². The highest BCUT2D eigenvalue weighted by atomic mass is 16.3. The number of hydrogen-bond donors (Lipinski definition) is 2. The number of anilines is 1. The summed E-state index contributed by atoms with van der Waals surface area (Å²) in [7, 11) is 1.69. The van der Waals surface area contributed by atoms with Gasteiger partial charge in [0, 0.05) is 5.70 Å². The monoisotopic (exact) mass is 223 g/mol. The molecule has 6 heteroatoms. The lowest BCUT2D eigenvalue weighted by atomic mass is 10.1. The molecule has 0 aromatic carbocycles. The second-order valence-corrected chi connectivity index (χ2v) is 3.69. The maximum Gasteiger partial charge on any atom is 0.267 e. The Hall–Kier alpha value is -1.69. The molecule has 0 saturated carbocycles. The molecule has 1 aromatic rings. The first-order valence-corrected chi connectivity index (χ1v) is 4.97. The van der Waals surface area contributed by atoms with Crippen molar-refractivity contribution in [1.82, 2.24) is 20.2 Å². The molecule has 0 saturated heterocycles. The zero-order chi connectivity index (χ0) is 12.3. The maximum absolute atomic E-state index is 9.44. The van der Waals surface area contributed by atoms with Crippen LogP contribution in [0.4, 0.5) is 5.95 Å². The summed E-state index contributed by atoms with van der Waals surface area (Å²) >= 11 is 0. The number of aliphatic hydroxyl groups is 1. The molecule has 0 aliphatic carbocycles. The Bertz CT molecular complexity index is 419. The van der Waals surface area contributed by atoms with Crippen molar-refractivity contribution in [2.75, 3.05) is 5.32 Å². The van der Waals surface area contributed by atoms with Crippen LogP contribution in [0.15, 0.2) is 23.4 Å². The summed E-state index contributed by atoms with van der Waals surface area (Å²) < 4.78 is 0. The normalized spacial score (nSPS) is 14.3. The van der Waals surface area contributed by atoms with E-state index in [1.807, 2.05) is 13.8 Å². The van der Waals surface area contributed by atoms with E-state index in [0.29, 0.717) is 11.6 Å². The number of rotatable bonds is 4. The van der Waals surface area contributed by atoms with Crippen LogP contribution in [-0.2, 0) is 7.05 Å². The number of aromatic nitrogens is 4. The highest BCUT2D eigenvalue weighted by Crippen LogP contribution is 2.16. The van der Waals surface area contributed by atoms with Crippen LogP contribution in [-0.4, -0.2) is 31.4 Å². The minimum Gasteiger partial charge on any atom is -0.389 e. The molecule has 0 fully saturated rings. The molecule has 88 valence electrons. The van der Waals surface area contributed by atoms with Crippen LogP contribution in [0.1, 0.15) is 20.8 Å². The average molecular weight is 223 g/mol. The second-order valence-electron chi connectivity index (χ2n) is 3.69. The molecule has 1 rings (SSSR count). The molecule has 0 aliphatic rings. The van der Waals surface area contributed by atoms with Crippen molar-refractivity contribution in [2.24, 2.45) is 7.05 Å². The molecule has 0 spiro atoms. The highest BCUT2D eigenvalue weighted by molar-refractivity contribution is 5.43. The molecule has 16 heavy (non-hydrogen) atoms. The van der Waals surface area contributed by atoms with Crippen LogP contribution in [0.2, 0.25) is 0 Å². The van der Waals surface area contributed by atoms with Crippen molar-refractivity contribution in [2.45, 2.75) is 26.9 Å². The van der Waals surface area contributed by atoms with Crippen LogP contribution in [0.25, 0.3) is 0 Å². The molecule has 0 amide bonds. The highest BCUT2D eigenvalue weighted by Gasteiger charge is 2.08. The van der Waals surface area contributed by atoms with Gasteiger partial charge < -0.3 is 10.4 Å². The van der Waals surface area contributed by atoms with E-state index in [2.05, 4.69) is 27.3 Å². The third kappa shape index (κ3) is 2.90. The van der Waals surface area contributed by atoms with E-state index < -0.39 is 6.10 Å². The average Bonchev–Trinajstić information content (AvgIpc) is 2.61. The van der Waals surface area contributed by atoms with E-state index in [1.165, 1.54) is 4.80 Å². The van der Waals surface area contributed by atoms with Crippen LogP contribution >= 0.6 is 0 Å². The van der Waals surface area contributed by atoms with Gasteiger partial charge in [-0.05, 0) is 37.1 Å². The van der Waals surface area contributed by atoms with Gasteiger partial charge in [-0.1, -0.05) is 11.7 Å². The van der Waals surface area contributed by atoms with E-state index in [1.54, 1.807) is 14.0 Å². The summed E-state index contributed by atoms with van der Waals surface area (Å²) in [5.74, 6) is 0.394. The molecule has 0 bridgehead atoms. The summed E-state index contributed by atoms with van der Waals surface area (Å²) in [6.07, 6.45) is -0.492. The van der Waals surface area contributed by atoms with Crippen molar-refractivity contribution >= 4 is 5.95 Å². The zero-order valence-corrected chi connectivity index (χ0v) is 10.0. The number of nitrogens with one attached hydrogen (secondary N) is 1. The predicted molar refractivity (Wildman–Crippen MR) is 61.6 cm³/mol. The topological polar surface area (TPSA) is 75.9 Å². The Morgan fingerprint density at radius 2 is 2.12 bits per heavy atom. The SMILES string of the molecule is C=C(Nc1nnn(C)n1)/C(C)=C(/C)C(C)O. The van der Waals surface area contributed by atoms with Crippen molar-refractivity contribution in [3.8, 4) is 0 Å². The molecule has 1 heterocycles. The van der Waals surface area contributed by atoms with E-state index in [4.69, 9.17) is 0 Å². The van der Waals surface area contributed by atoms with Crippen LogP contribution in [0.5, 0.6) is 0 Å². The van der Waals surface area contributed by atoms with Crippen molar-refractivity contribution in [3.63, 3.8) is 0 Å². The third-order valence-electron chi connectivity index (χ3n) is 2.44. The molecule has 0 radical (unpaired) electrons. The van der Waals surface area contributed by atoms with Crippen molar-refractivity contribution < 1.29 is 5.11 Å². The molecule has 1 atom stereocenters. The lowest BCUT2D eigenvalue weighted by molar-refractivity contribution is 0.230. The Morgan fingerprint density at radius 3 is 2.56 bits per heavy atom. The fourth-order valence-corrected chi connectivity index (χ4v) is 1.11. The first kappa shape index (κ1) is 12.4. The van der Waals surface area contributed by atoms with Crippen LogP contribution in [0.3, 0.4) is 0 Å². The summed E-state index contributed by atoms with van der Waals surface area (Å²) in [6, 6.07) is 0. The molecular weight excluding hydrogens is 206 g/mol. The predicted octanol–water partition coefficient (Wildman–Crippen LogP) is 0.853. The fraction of sp³-hybridized carbons (Fsp3) is 0.500. The Morgan fingerprint density at radius 1 is 1.50 bits per heavy atom. The van der Waals surface area contributed by atoms with E-state index in [9.17, 15) is 5.11 Å². The Balaban J connectivity index is 2.77. The van der Waals surface area contributed by atoms with E-state index in [-0.39, 0.29) is 0 Å². The number of nitrogens with zero attached hydrogens (tertiary/aromatic N) is 4. The Kier molecular flexibility index (Phi) is 3.78. The first-order valence-electron chi connectivity index (χ1n) is 4.97.